The first kappa shape index (κ1) is 13.9. The molecule has 0 aromatic heterocycles. The third-order valence-corrected chi connectivity index (χ3v) is 2.70. The Labute approximate surface area is 109 Å². The lowest BCUT2D eigenvalue weighted by Gasteiger charge is -2.23. The molecule has 1 heterocycles. The first-order valence-corrected chi connectivity index (χ1v) is 6.04. The third-order valence-electron chi connectivity index (χ3n) is 2.70. The molecule has 0 bridgehead atoms. The Balaban J connectivity index is 1.80. The molecule has 1 N–H and O–H groups in total. The molecule has 104 valence electrons. The summed E-state index contributed by atoms with van der Waals surface area (Å²) in [4.78, 5) is 11.6. The van der Waals surface area contributed by atoms with E-state index in [0.29, 0.717) is 31.9 Å². The average Bonchev–Trinajstić information content (AvgIpc) is 2.36. The molecule has 1 saturated heterocycles. The lowest BCUT2D eigenvalue weighted by molar-refractivity contribution is -0.123. The zero-order chi connectivity index (χ0) is 13.7. The summed E-state index contributed by atoms with van der Waals surface area (Å²) < 4.78 is 36.4. The number of benzene rings is 1. The van der Waals surface area contributed by atoms with Crippen molar-refractivity contribution in [2.24, 2.45) is 0 Å². The Bertz CT molecular complexity index is 427. The van der Waals surface area contributed by atoms with Gasteiger partial charge in [-0.25, -0.2) is 8.78 Å². The van der Waals surface area contributed by atoms with Crippen LogP contribution in [-0.4, -0.2) is 38.4 Å². The van der Waals surface area contributed by atoms with Crippen molar-refractivity contribution in [3.05, 3.63) is 35.4 Å². The van der Waals surface area contributed by atoms with Gasteiger partial charge in [0.05, 0.1) is 32.3 Å². The van der Waals surface area contributed by atoms with Gasteiger partial charge >= 0.3 is 0 Å². The summed E-state index contributed by atoms with van der Waals surface area (Å²) >= 11 is 0. The molecular weight excluding hydrogens is 256 g/mol. The molecule has 0 aliphatic carbocycles. The minimum absolute atomic E-state index is 0.0672. The van der Waals surface area contributed by atoms with Crippen LogP contribution in [0.3, 0.4) is 0 Å². The quantitative estimate of drug-likeness (QED) is 0.890. The fourth-order valence-corrected chi connectivity index (χ4v) is 1.84. The Morgan fingerprint density at radius 1 is 1.26 bits per heavy atom. The molecule has 0 radical (unpaired) electrons. The zero-order valence-corrected chi connectivity index (χ0v) is 10.3. The van der Waals surface area contributed by atoms with Gasteiger partial charge in [0.15, 0.2) is 0 Å². The van der Waals surface area contributed by atoms with Crippen molar-refractivity contribution < 1.29 is 23.0 Å². The van der Waals surface area contributed by atoms with Gasteiger partial charge in [0, 0.05) is 12.6 Å². The van der Waals surface area contributed by atoms with Crippen LogP contribution in [-0.2, 0) is 20.7 Å². The van der Waals surface area contributed by atoms with E-state index in [9.17, 15) is 13.6 Å². The van der Waals surface area contributed by atoms with E-state index >= 15 is 0 Å². The summed E-state index contributed by atoms with van der Waals surface area (Å²) in [7, 11) is 0. The molecule has 19 heavy (non-hydrogen) atoms. The lowest BCUT2D eigenvalue weighted by atomic mass is 10.1. The highest BCUT2D eigenvalue weighted by molar-refractivity contribution is 5.78. The summed E-state index contributed by atoms with van der Waals surface area (Å²) in [5.74, 6) is -1.68. The third kappa shape index (κ3) is 4.57. The molecule has 1 unspecified atom stereocenters. The van der Waals surface area contributed by atoms with E-state index in [-0.39, 0.29) is 18.4 Å². The minimum atomic E-state index is -0.688. The maximum absolute atomic E-state index is 12.9. The van der Waals surface area contributed by atoms with Crippen LogP contribution in [0, 0.1) is 11.6 Å². The molecule has 1 aliphatic heterocycles. The van der Waals surface area contributed by atoms with Crippen molar-refractivity contribution in [1.29, 1.82) is 0 Å². The summed E-state index contributed by atoms with van der Waals surface area (Å²) in [6.07, 6.45) is -0.232. The second-order valence-corrected chi connectivity index (χ2v) is 4.33. The number of hydrogen-bond acceptors (Lipinski definition) is 3. The maximum atomic E-state index is 12.9. The van der Waals surface area contributed by atoms with E-state index < -0.39 is 11.6 Å². The van der Waals surface area contributed by atoms with Crippen molar-refractivity contribution in [3.63, 3.8) is 0 Å². The second kappa shape index (κ2) is 6.58. The smallest absolute Gasteiger partial charge is 0.224 e. The predicted octanol–water partition coefficient (Wildman–Crippen LogP) is 1.04. The van der Waals surface area contributed by atoms with E-state index in [4.69, 9.17) is 9.47 Å². The largest absolute Gasteiger partial charge is 0.376 e. The number of carbonyl (C=O) groups is 1. The number of amides is 1. The second-order valence-electron chi connectivity index (χ2n) is 4.33. The normalized spacial score (nSPS) is 19.2. The summed E-state index contributed by atoms with van der Waals surface area (Å²) in [6, 6.07) is 3.06. The van der Waals surface area contributed by atoms with E-state index in [1.807, 2.05) is 0 Å². The van der Waals surface area contributed by atoms with Crippen molar-refractivity contribution in [3.8, 4) is 0 Å². The first-order chi connectivity index (χ1) is 9.13. The number of ether oxygens (including phenoxy) is 2. The Hall–Kier alpha value is -1.53. The molecular formula is C13H15F2NO3. The predicted molar refractivity (Wildman–Crippen MR) is 63.6 cm³/mol. The van der Waals surface area contributed by atoms with Gasteiger partial charge in [-0.15, -0.1) is 0 Å². The highest BCUT2D eigenvalue weighted by atomic mass is 19.1. The number of nitrogens with one attached hydrogen (secondary N) is 1. The molecule has 2 rings (SSSR count). The number of halogens is 2. The fraction of sp³-hybridized carbons (Fsp3) is 0.462. The number of carbonyl (C=O) groups excluding carboxylic acids is 1. The van der Waals surface area contributed by atoms with Crippen LogP contribution in [0.5, 0.6) is 0 Å². The van der Waals surface area contributed by atoms with Crippen LogP contribution < -0.4 is 5.32 Å². The molecule has 1 aromatic rings. The molecule has 4 nitrogen and oxygen atoms in total. The summed E-state index contributed by atoms with van der Waals surface area (Å²) in [5, 5.41) is 2.65. The molecule has 0 saturated carbocycles. The average molecular weight is 271 g/mol. The minimum Gasteiger partial charge on any atom is -0.376 e. The number of hydrogen-bond donors (Lipinski definition) is 1. The van der Waals surface area contributed by atoms with E-state index in [2.05, 4.69) is 5.32 Å². The zero-order valence-electron chi connectivity index (χ0n) is 10.3. The Kier molecular flexibility index (Phi) is 4.81. The van der Waals surface area contributed by atoms with Crippen LogP contribution in [0.2, 0.25) is 0 Å². The van der Waals surface area contributed by atoms with Gasteiger partial charge in [0.2, 0.25) is 5.91 Å². The van der Waals surface area contributed by atoms with Crippen molar-refractivity contribution in [2.45, 2.75) is 12.5 Å². The van der Waals surface area contributed by atoms with E-state index in [1.165, 1.54) is 0 Å². The first-order valence-electron chi connectivity index (χ1n) is 6.04. The topological polar surface area (TPSA) is 47.6 Å². The molecule has 1 amide bonds. The Morgan fingerprint density at radius 2 is 2.00 bits per heavy atom. The van der Waals surface area contributed by atoms with Crippen molar-refractivity contribution >= 4 is 5.91 Å². The van der Waals surface area contributed by atoms with Gasteiger partial charge in [-0.3, -0.25) is 4.79 Å². The van der Waals surface area contributed by atoms with Gasteiger partial charge in [-0.1, -0.05) is 0 Å². The van der Waals surface area contributed by atoms with Crippen LogP contribution in [0.25, 0.3) is 0 Å². The highest BCUT2D eigenvalue weighted by Gasteiger charge is 2.15. The molecule has 1 atom stereocenters. The van der Waals surface area contributed by atoms with Gasteiger partial charge in [-0.2, -0.15) is 0 Å². The summed E-state index contributed by atoms with van der Waals surface area (Å²) in [6.45, 7) is 1.84. The van der Waals surface area contributed by atoms with Gasteiger partial charge < -0.3 is 14.8 Å². The van der Waals surface area contributed by atoms with Crippen molar-refractivity contribution in [1.82, 2.24) is 5.32 Å². The van der Waals surface area contributed by atoms with Crippen LogP contribution in [0.1, 0.15) is 5.56 Å². The molecule has 6 heteroatoms. The van der Waals surface area contributed by atoms with E-state index in [0.717, 1.165) is 18.2 Å². The van der Waals surface area contributed by atoms with Gasteiger partial charge in [-0.05, 0) is 17.7 Å². The van der Waals surface area contributed by atoms with Crippen LogP contribution in [0.4, 0.5) is 8.78 Å². The van der Waals surface area contributed by atoms with E-state index in [1.54, 1.807) is 0 Å². The molecule has 1 aliphatic rings. The maximum Gasteiger partial charge on any atom is 0.224 e. The summed E-state index contributed by atoms with van der Waals surface area (Å²) in [5.41, 5.74) is 0.302. The van der Waals surface area contributed by atoms with Crippen molar-refractivity contribution in [2.75, 3.05) is 26.4 Å². The highest BCUT2D eigenvalue weighted by Crippen LogP contribution is 2.08. The molecule has 1 fully saturated rings. The van der Waals surface area contributed by atoms with Crippen LogP contribution in [0.15, 0.2) is 18.2 Å². The van der Waals surface area contributed by atoms with Gasteiger partial charge in [0.1, 0.15) is 11.6 Å². The standard InChI is InChI=1S/C13H15F2NO3/c14-10-3-9(4-11(15)6-10)5-13(17)16-7-12-8-18-1-2-19-12/h3-4,6,12H,1-2,5,7-8H2,(H,16,17). The molecule has 1 aromatic carbocycles. The fourth-order valence-electron chi connectivity index (χ4n) is 1.84. The Morgan fingerprint density at radius 3 is 2.63 bits per heavy atom. The SMILES string of the molecule is O=C(Cc1cc(F)cc(F)c1)NCC1COCCO1. The lowest BCUT2D eigenvalue weighted by Crippen LogP contribution is -2.40. The van der Waals surface area contributed by atoms with Crippen LogP contribution >= 0.6 is 0 Å². The monoisotopic (exact) mass is 271 g/mol. The number of rotatable bonds is 4. The van der Waals surface area contributed by atoms with Gasteiger partial charge in [0.25, 0.3) is 0 Å². The molecule has 0 spiro atoms.